The summed E-state index contributed by atoms with van der Waals surface area (Å²) in [6.07, 6.45) is 1.99. The highest BCUT2D eigenvalue weighted by Gasteiger charge is 2.07. The Morgan fingerprint density at radius 3 is 2.76 bits per heavy atom. The van der Waals surface area contributed by atoms with Gasteiger partial charge in [-0.25, -0.2) is 4.52 Å². The van der Waals surface area contributed by atoms with E-state index in [1.807, 2.05) is 23.7 Å². The number of fused-ring (bicyclic) bond motifs is 1. The average molecular weight is 243 g/mol. The van der Waals surface area contributed by atoms with Gasteiger partial charge in [0.05, 0.1) is 16.2 Å². The lowest BCUT2D eigenvalue weighted by Gasteiger charge is -2.00. The van der Waals surface area contributed by atoms with Crippen molar-refractivity contribution in [2.24, 2.45) is 0 Å². The highest BCUT2D eigenvalue weighted by Crippen LogP contribution is 2.32. The molecule has 0 spiro atoms. The second kappa shape index (κ2) is 3.60. The molecule has 0 atom stereocenters. The third-order valence-electron chi connectivity index (χ3n) is 2.83. The van der Waals surface area contributed by atoms with Crippen LogP contribution in [0.3, 0.4) is 0 Å². The van der Waals surface area contributed by atoms with Gasteiger partial charge in [-0.1, -0.05) is 0 Å². The highest BCUT2D eigenvalue weighted by molar-refractivity contribution is 7.16. The molecule has 3 aromatic rings. The summed E-state index contributed by atoms with van der Waals surface area (Å²) in [7, 11) is 0. The van der Waals surface area contributed by atoms with Gasteiger partial charge in [-0.05, 0) is 49.2 Å². The van der Waals surface area contributed by atoms with Crippen LogP contribution in [-0.2, 0) is 0 Å². The first kappa shape index (κ1) is 10.4. The zero-order valence-corrected chi connectivity index (χ0v) is 10.6. The molecule has 17 heavy (non-hydrogen) atoms. The Labute approximate surface area is 104 Å². The van der Waals surface area contributed by atoms with Gasteiger partial charge in [-0.2, -0.15) is 5.10 Å². The fourth-order valence-corrected chi connectivity index (χ4v) is 2.90. The van der Waals surface area contributed by atoms with Gasteiger partial charge in [0.2, 0.25) is 0 Å². The fraction of sp³-hybridized carbons (Fsp3) is 0.154. The first-order valence-electron chi connectivity index (χ1n) is 5.46. The van der Waals surface area contributed by atoms with Gasteiger partial charge in [0.1, 0.15) is 0 Å². The molecule has 0 aliphatic heterocycles. The van der Waals surface area contributed by atoms with Crippen molar-refractivity contribution in [1.29, 1.82) is 0 Å². The van der Waals surface area contributed by atoms with Crippen molar-refractivity contribution in [2.75, 3.05) is 5.73 Å². The minimum atomic E-state index is 0.863. The Morgan fingerprint density at radius 1 is 1.24 bits per heavy atom. The van der Waals surface area contributed by atoms with Crippen LogP contribution in [0.5, 0.6) is 0 Å². The Morgan fingerprint density at radius 2 is 2.06 bits per heavy atom. The number of thiophene rings is 1. The molecular weight excluding hydrogens is 230 g/mol. The molecule has 3 aromatic heterocycles. The van der Waals surface area contributed by atoms with Crippen LogP contribution in [0.15, 0.2) is 30.5 Å². The van der Waals surface area contributed by atoms with Crippen molar-refractivity contribution >= 4 is 21.9 Å². The Kier molecular flexibility index (Phi) is 2.19. The molecule has 2 N–H and O–H groups in total. The smallest absolute Gasteiger partial charge is 0.0865 e. The Hall–Kier alpha value is -1.81. The number of pyridine rings is 1. The van der Waals surface area contributed by atoms with E-state index >= 15 is 0 Å². The number of hydrogen-bond acceptors (Lipinski definition) is 3. The van der Waals surface area contributed by atoms with E-state index in [9.17, 15) is 0 Å². The quantitative estimate of drug-likeness (QED) is 0.713. The largest absolute Gasteiger partial charge is 0.391 e. The molecule has 0 unspecified atom stereocenters. The molecule has 0 saturated heterocycles. The third kappa shape index (κ3) is 1.70. The molecule has 3 rings (SSSR count). The third-order valence-corrected chi connectivity index (χ3v) is 3.71. The Balaban J connectivity index is 2.20. The summed E-state index contributed by atoms with van der Waals surface area (Å²) in [6, 6.07) is 8.34. The van der Waals surface area contributed by atoms with Crippen LogP contribution < -0.4 is 5.73 Å². The number of hydrogen-bond donors (Lipinski definition) is 1. The SMILES string of the molecule is Cc1cc2cc(-c3cc(N)sc3C)ccn2n1. The van der Waals surface area contributed by atoms with Crippen LogP contribution in [0.25, 0.3) is 16.6 Å². The summed E-state index contributed by atoms with van der Waals surface area (Å²) in [5.74, 6) is 0. The van der Waals surface area contributed by atoms with E-state index in [1.54, 1.807) is 11.3 Å². The first-order chi connectivity index (χ1) is 8.13. The molecule has 0 aliphatic carbocycles. The first-order valence-corrected chi connectivity index (χ1v) is 6.27. The topological polar surface area (TPSA) is 43.3 Å². The van der Waals surface area contributed by atoms with Crippen molar-refractivity contribution in [3.63, 3.8) is 0 Å². The normalized spacial score (nSPS) is 11.2. The highest BCUT2D eigenvalue weighted by atomic mass is 32.1. The summed E-state index contributed by atoms with van der Waals surface area (Å²) in [4.78, 5) is 1.25. The predicted octanol–water partition coefficient (Wildman–Crippen LogP) is 3.26. The van der Waals surface area contributed by atoms with Gasteiger partial charge in [0.25, 0.3) is 0 Å². The zero-order chi connectivity index (χ0) is 12.0. The minimum Gasteiger partial charge on any atom is -0.391 e. The van der Waals surface area contributed by atoms with Crippen LogP contribution in [0, 0.1) is 13.8 Å². The zero-order valence-electron chi connectivity index (χ0n) is 9.77. The predicted molar refractivity (Wildman–Crippen MR) is 72.4 cm³/mol. The molecule has 86 valence electrons. The van der Waals surface area contributed by atoms with Gasteiger partial charge < -0.3 is 5.73 Å². The van der Waals surface area contributed by atoms with Gasteiger partial charge in [0.15, 0.2) is 0 Å². The number of nitrogens with zero attached hydrogens (tertiary/aromatic N) is 2. The van der Waals surface area contributed by atoms with Gasteiger partial charge in [-0.15, -0.1) is 11.3 Å². The van der Waals surface area contributed by atoms with Crippen LogP contribution >= 0.6 is 11.3 Å². The molecule has 0 aromatic carbocycles. The maximum absolute atomic E-state index is 5.83. The number of nitrogens with two attached hydrogens (primary N) is 1. The van der Waals surface area contributed by atoms with E-state index in [2.05, 4.69) is 30.2 Å². The average Bonchev–Trinajstić information content (AvgIpc) is 2.78. The molecule has 0 amide bonds. The summed E-state index contributed by atoms with van der Waals surface area (Å²) in [6.45, 7) is 4.10. The lowest BCUT2D eigenvalue weighted by atomic mass is 10.1. The van der Waals surface area contributed by atoms with E-state index in [4.69, 9.17) is 5.73 Å². The van der Waals surface area contributed by atoms with E-state index in [1.165, 1.54) is 16.0 Å². The van der Waals surface area contributed by atoms with Crippen molar-refractivity contribution in [3.8, 4) is 11.1 Å². The Bertz CT molecular complexity index is 694. The standard InChI is InChI=1S/C13H13N3S/c1-8-5-11-6-10(3-4-16(11)15-8)12-7-13(14)17-9(12)2/h3-7H,14H2,1-2H3. The summed E-state index contributed by atoms with van der Waals surface area (Å²) >= 11 is 1.63. The molecular formula is C13H13N3S. The monoisotopic (exact) mass is 243 g/mol. The van der Waals surface area contributed by atoms with Crippen LogP contribution in [0.4, 0.5) is 5.00 Å². The summed E-state index contributed by atoms with van der Waals surface area (Å²) in [5, 5.41) is 5.23. The lowest BCUT2D eigenvalue weighted by Crippen LogP contribution is -1.87. The number of anilines is 1. The summed E-state index contributed by atoms with van der Waals surface area (Å²) < 4.78 is 1.89. The van der Waals surface area contributed by atoms with Gasteiger partial charge in [0, 0.05) is 11.1 Å². The van der Waals surface area contributed by atoms with Gasteiger partial charge in [-0.3, -0.25) is 0 Å². The molecule has 3 heterocycles. The van der Waals surface area contributed by atoms with Crippen LogP contribution in [-0.4, -0.2) is 9.61 Å². The fourth-order valence-electron chi connectivity index (χ4n) is 2.08. The summed E-state index contributed by atoms with van der Waals surface area (Å²) in [5.41, 5.74) is 10.4. The molecule has 0 aliphatic rings. The second-order valence-corrected chi connectivity index (χ2v) is 5.48. The number of aromatic nitrogens is 2. The van der Waals surface area contributed by atoms with E-state index in [0.717, 1.165) is 16.2 Å². The van der Waals surface area contributed by atoms with Crippen molar-refractivity contribution < 1.29 is 0 Å². The number of aryl methyl sites for hydroxylation is 2. The maximum Gasteiger partial charge on any atom is 0.0865 e. The van der Waals surface area contributed by atoms with Crippen molar-refractivity contribution in [3.05, 3.63) is 41.0 Å². The molecule has 0 fully saturated rings. The molecule has 0 bridgehead atoms. The van der Waals surface area contributed by atoms with E-state index in [0.29, 0.717) is 0 Å². The van der Waals surface area contributed by atoms with E-state index < -0.39 is 0 Å². The molecule has 0 radical (unpaired) electrons. The van der Waals surface area contributed by atoms with Crippen LogP contribution in [0.1, 0.15) is 10.6 Å². The van der Waals surface area contributed by atoms with Gasteiger partial charge >= 0.3 is 0 Å². The number of nitrogen functional groups attached to an aromatic ring is 1. The lowest BCUT2D eigenvalue weighted by molar-refractivity contribution is 0.935. The molecule has 3 nitrogen and oxygen atoms in total. The molecule has 0 saturated carbocycles. The van der Waals surface area contributed by atoms with E-state index in [-0.39, 0.29) is 0 Å². The van der Waals surface area contributed by atoms with Crippen molar-refractivity contribution in [2.45, 2.75) is 13.8 Å². The minimum absolute atomic E-state index is 0.863. The van der Waals surface area contributed by atoms with Crippen LogP contribution in [0.2, 0.25) is 0 Å². The maximum atomic E-state index is 5.83. The molecule has 4 heteroatoms. The second-order valence-electron chi connectivity index (χ2n) is 4.19. The van der Waals surface area contributed by atoms with Crippen molar-refractivity contribution in [1.82, 2.24) is 9.61 Å². The number of rotatable bonds is 1.